The van der Waals surface area contributed by atoms with E-state index in [2.05, 4.69) is 5.32 Å². The number of fused-ring (bicyclic) bond motifs is 2. The van der Waals surface area contributed by atoms with Gasteiger partial charge < -0.3 is 10.2 Å². The van der Waals surface area contributed by atoms with Gasteiger partial charge in [0, 0.05) is 30.7 Å². The molecule has 2 atom stereocenters. The van der Waals surface area contributed by atoms with Gasteiger partial charge in [0.1, 0.15) is 0 Å². The van der Waals surface area contributed by atoms with Gasteiger partial charge in [-0.05, 0) is 56.0 Å². The molecule has 2 aliphatic heterocycles. The molecule has 28 heavy (non-hydrogen) atoms. The Morgan fingerprint density at radius 3 is 2.39 bits per heavy atom. The molecule has 5 nitrogen and oxygen atoms in total. The highest BCUT2D eigenvalue weighted by Gasteiger charge is 2.31. The first kappa shape index (κ1) is 19.2. The number of carbonyl (C=O) groups is 1. The van der Waals surface area contributed by atoms with E-state index in [0.29, 0.717) is 28.1 Å². The predicted octanol–water partition coefficient (Wildman–Crippen LogP) is 2.94. The number of likely N-dealkylation sites (tertiary alicyclic amines) is 1. The summed E-state index contributed by atoms with van der Waals surface area (Å²) in [5.41, 5.74) is 2.33. The lowest BCUT2D eigenvalue weighted by molar-refractivity contribution is 0.0748. The Balaban J connectivity index is 1.44. The van der Waals surface area contributed by atoms with Crippen molar-refractivity contribution in [1.29, 1.82) is 0 Å². The van der Waals surface area contributed by atoms with Gasteiger partial charge in [-0.3, -0.25) is 4.79 Å². The SMILES string of the molecule is Cc1ccc(S(=O)(=O)Cc2ccc(C(=O)N3CCC4CCC(C3)N4)cc2)cc1. The number of benzene rings is 2. The largest absolute Gasteiger partial charge is 0.337 e. The average Bonchev–Trinajstić information content (AvgIpc) is 3.00. The van der Waals surface area contributed by atoms with Crippen molar-refractivity contribution in [2.45, 2.75) is 48.9 Å². The molecule has 1 N–H and O–H groups in total. The molecule has 2 aliphatic rings. The van der Waals surface area contributed by atoms with Crippen molar-refractivity contribution in [3.63, 3.8) is 0 Å². The highest BCUT2D eigenvalue weighted by Crippen LogP contribution is 2.22. The molecule has 0 aromatic heterocycles. The fourth-order valence-electron chi connectivity index (χ4n) is 4.10. The Hall–Kier alpha value is -2.18. The van der Waals surface area contributed by atoms with Gasteiger partial charge in [-0.1, -0.05) is 29.8 Å². The van der Waals surface area contributed by atoms with Crippen molar-refractivity contribution in [1.82, 2.24) is 10.2 Å². The first-order valence-corrected chi connectivity index (χ1v) is 11.5. The van der Waals surface area contributed by atoms with Gasteiger partial charge in [-0.2, -0.15) is 0 Å². The highest BCUT2D eigenvalue weighted by molar-refractivity contribution is 7.90. The average molecular weight is 399 g/mol. The summed E-state index contributed by atoms with van der Waals surface area (Å²) < 4.78 is 25.2. The van der Waals surface area contributed by atoms with Crippen molar-refractivity contribution in [3.05, 3.63) is 65.2 Å². The monoisotopic (exact) mass is 398 g/mol. The van der Waals surface area contributed by atoms with Crippen molar-refractivity contribution in [3.8, 4) is 0 Å². The summed E-state index contributed by atoms with van der Waals surface area (Å²) in [5.74, 6) is -0.0376. The van der Waals surface area contributed by atoms with Crippen LogP contribution in [0.3, 0.4) is 0 Å². The molecule has 2 heterocycles. The lowest BCUT2D eigenvalue weighted by atomic mass is 10.1. The van der Waals surface area contributed by atoms with Gasteiger partial charge in [0.15, 0.2) is 9.84 Å². The molecule has 0 spiro atoms. The minimum atomic E-state index is -3.40. The van der Waals surface area contributed by atoms with E-state index in [9.17, 15) is 13.2 Å². The molecule has 2 saturated heterocycles. The molecule has 6 heteroatoms. The Morgan fingerprint density at radius 1 is 1.00 bits per heavy atom. The van der Waals surface area contributed by atoms with E-state index in [0.717, 1.165) is 31.5 Å². The summed E-state index contributed by atoms with van der Waals surface area (Å²) in [6.07, 6.45) is 3.33. The number of nitrogens with one attached hydrogen (secondary N) is 1. The predicted molar refractivity (Wildman–Crippen MR) is 109 cm³/mol. The third kappa shape index (κ3) is 4.13. The van der Waals surface area contributed by atoms with E-state index in [4.69, 9.17) is 0 Å². The molecule has 1 amide bonds. The maximum Gasteiger partial charge on any atom is 0.253 e. The van der Waals surface area contributed by atoms with Crippen LogP contribution >= 0.6 is 0 Å². The standard InChI is InChI=1S/C22H26N2O3S/c1-16-2-10-21(11-3-16)28(26,27)15-17-4-6-18(7-5-17)22(25)24-13-12-19-8-9-20(14-24)23-19/h2-7,10-11,19-20,23H,8-9,12-15H2,1H3. The second-order valence-corrected chi connectivity index (χ2v) is 9.94. The normalized spacial score (nSPS) is 22.1. The van der Waals surface area contributed by atoms with E-state index in [1.165, 1.54) is 6.42 Å². The quantitative estimate of drug-likeness (QED) is 0.860. The second-order valence-electron chi connectivity index (χ2n) is 7.95. The first-order valence-electron chi connectivity index (χ1n) is 9.84. The van der Waals surface area contributed by atoms with Crippen LogP contribution in [-0.2, 0) is 15.6 Å². The number of aryl methyl sites for hydroxylation is 1. The zero-order valence-electron chi connectivity index (χ0n) is 16.1. The molecule has 2 fully saturated rings. The number of carbonyl (C=O) groups excluding carboxylic acids is 1. The third-order valence-electron chi connectivity index (χ3n) is 5.75. The smallest absolute Gasteiger partial charge is 0.253 e. The molecular formula is C22H26N2O3S. The van der Waals surface area contributed by atoms with E-state index in [1.54, 1.807) is 48.5 Å². The van der Waals surface area contributed by atoms with Crippen molar-refractivity contribution in [2.75, 3.05) is 13.1 Å². The molecule has 2 aromatic rings. The minimum Gasteiger partial charge on any atom is -0.337 e. The number of hydrogen-bond donors (Lipinski definition) is 1. The molecule has 0 saturated carbocycles. The maximum absolute atomic E-state index is 12.9. The van der Waals surface area contributed by atoms with E-state index in [1.807, 2.05) is 11.8 Å². The van der Waals surface area contributed by atoms with Crippen molar-refractivity contribution in [2.24, 2.45) is 0 Å². The first-order chi connectivity index (χ1) is 13.4. The number of nitrogens with zero attached hydrogens (tertiary/aromatic N) is 1. The van der Waals surface area contributed by atoms with Crippen molar-refractivity contribution >= 4 is 15.7 Å². The summed E-state index contributed by atoms with van der Waals surface area (Å²) in [7, 11) is -3.40. The molecule has 4 rings (SSSR count). The zero-order chi connectivity index (χ0) is 19.7. The lowest BCUT2D eigenvalue weighted by Crippen LogP contribution is -2.39. The number of hydrogen-bond acceptors (Lipinski definition) is 4. The van der Waals surface area contributed by atoms with Gasteiger partial charge in [-0.25, -0.2) is 8.42 Å². The summed E-state index contributed by atoms with van der Waals surface area (Å²) in [4.78, 5) is 15.1. The summed E-state index contributed by atoms with van der Waals surface area (Å²) in [6, 6.07) is 14.8. The van der Waals surface area contributed by atoms with Crippen LogP contribution in [0.2, 0.25) is 0 Å². The Morgan fingerprint density at radius 2 is 1.68 bits per heavy atom. The summed E-state index contributed by atoms with van der Waals surface area (Å²) in [6.45, 7) is 3.45. The van der Waals surface area contributed by atoms with Gasteiger partial charge in [-0.15, -0.1) is 0 Å². The molecule has 2 aromatic carbocycles. The van der Waals surface area contributed by atoms with E-state index in [-0.39, 0.29) is 11.7 Å². The van der Waals surface area contributed by atoms with Crippen molar-refractivity contribution < 1.29 is 13.2 Å². The lowest BCUT2D eigenvalue weighted by Gasteiger charge is -2.24. The van der Waals surface area contributed by atoms with Gasteiger partial charge in [0.05, 0.1) is 10.6 Å². The van der Waals surface area contributed by atoms with E-state index >= 15 is 0 Å². The topological polar surface area (TPSA) is 66.5 Å². The zero-order valence-corrected chi connectivity index (χ0v) is 16.9. The fraction of sp³-hybridized carbons (Fsp3) is 0.409. The fourth-order valence-corrected chi connectivity index (χ4v) is 5.45. The van der Waals surface area contributed by atoms with Crippen LogP contribution in [0.15, 0.2) is 53.4 Å². The van der Waals surface area contributed by atoms with Crippen LogP contribution in [0.1, 0.15) is 40.7 Å². The molecular weight excluding hydrogens is 372 g/mol. The summed E-state index contributed by atoms with van der Waals surface area (Å²) >= 11 is 0. The van der Waals surface area contributed by atoms with Crippen LogP contribution in [0.4, 0.5) is 0 Å². The maximum atomic E-state index is 12.9. The Kier molecular flexibility index (Phi) is 5.25. The molecule has 148 valence electrons. The molecule has 0 aliphatic carbocycles. The van der Waals surface area contributed by atoms with Gasteiger partial charge in [0.25, 0.3) is 5.91 Å². The highest BCUT2D eigenvalue weighted by atomic mass is 32.2. The van der Waals surface area contributed by atoms with Crippen LogP contribution in [-0.4, -0.2) is 44.4 Å². The van der Waals surface area contributed by atoms with Gasteiger partial charge >= 0.3 is 0 Å². The van der Waals surface area contributed by atoms with Crippen LogP contribution in [0.25, 0.3) is 0 Å². The number of sulfone groups is 1. The van der Waals surface area contributed by atoms with E-state index < -0.39 is 9.84 Å². The van der Waals surface area contributed by atoms with Crippen LogP contribution in [0, 0.1) is 6.92 Å². The second kappa shape index (κ2) is 7.68. The third-order valence-corrected chi connectivity index (χ3v) is 7.45. The number of amides is 1. The van der Waals surface area contributed by atoms with Crippen LogP contribution in [0.5, 0.6) is 0 Å². The molecule has 0 radical (unpaired) electrons. The summed E-state index contributed by atoms with van der Waals surface area (Å²) in [5, 5.41) is 3.58. The molecule has 2 unspecified atom stereocenters. The number of rotatable bonds is 4. The van der Waals surface area contributed by atoms with Crippen LogP contribution < -0.4 is 5.32 Å². The Bertz CT molecular complexity index is 952. The minimum absolute atomic E-state index is 0.0299. The molecule has 2 bridgehead atoms. The van der Waals surface area contributed by atoms with Gasteiger partial charge in [0.2, 0.25) is 0 Å². The Labute approximate surface area is 166 Å².